The average molecular weight is 317 g/mol. The number of methoxy groups -OCH3 is 1. The maximum atomic E-state index is 10.4. The molecule has 0 aliphatic heterocycles. The Kier molecular flexibility index (Phi) is 4.04. The lowest BCUT2D eigenvalue weighted by molar-refractivity contribution is 0.215. The molecule has 0 amide bonds. The van der Waals surface area contributed by atoms with Crippen LogP contribution in [0.2, 0.25) is 5.15 Å². The number of aliphatic hydroxyl groups excluding tert-OH is 1. The van der Waals surface area contributed by atoms with Gasteiger partial charge >= 0.3 is 0 Å². The molecule has 22 heavy (non-hydrogen) atoms. The van der Waals surface area contributed by atoms with Gasteiger partial charge in [0.1, 0.15) is 17.5 Å². The molecule has 0 aliphatic carbocycles. The highest BCUT2D eigenvalue weighted by atomic mass is 35.5. The lowest BCUT2D eigenvalue weighted by Crippen LogP contribution is -2.02. The summed E-state index contributed by atoms with van der Waals surface area (Å²) in [6.45, 7) is 0. The van der Waals surface area contributed by atoms with Crippen molar-refractivity contribution in [1.29, 1.82) is 0 Å². The van der Waals surface area contributed by atoms with Crippen molar-refractivity contribution >= 4 is 11.6 Å². The van der Waals surface area contributed by atoms with E-state index < -0.39 is 6.10 Å². The molecule has 1 aromatic carbocycles. The van der Waals surface area contributed by atoms with Gasteiger partial charge in [-0.1, -0.05) is 22.9 Å². The smallest absolute Gasteiger partial charge is 0.159 e. The van der Waals surface area contributed by atoms with E-state index in [9.17, 15) is 5.11 Å². The van der Waals surface area contributed by atoms with Gasteiger partial charge in [-0.2, -0.15) is 0 Å². The van der Waals surface area contributed by atoms with Crippen molar-refractivity contribution in [2.24, 2.45) is 0 Å². The number of nitrogens with zero attached hydrogens (tertiary/aromatic N) is 4. The summed E-state index contributed by atoms with van der Waals surface area (Å²) < 4.78 is 6.57. The fourth-order valence-corrected chi connectivity index (χ4v) is 2.31. The minimum absolute atomic E-state index is 0.251. The summed E-state index contributed by atoms with van der Waals surface area (Å²) in [5.41, 5.74) is 1.61. The Hall–Kier alpha value is -2.44. The summed E-state index contributed by atoms with van der Waals surface area (Å²) in [6, 6.07) is 10.7. The van der Waals surface area contributed by atoms with E-state index in [1.54, 1.807) is 55.9 Å². The first-order valence-electron chi connectivity index (χ1n) is 6.54. The van der Waals surface area contributed by atoms with Crippen LogP contribution in [-0.2, 0) is 0 Å². The number of hydrogen-bond acceptors (Lipinski definition) is 5. The zero-order chi connectivity index (χ0) is 15.5. The van der Waals surface area contributed by atoms with Crippen LogP contribution in [0.25, 0.3) is 5.69 Å². The molecule has 0 bridgehead atoms. The van der Waals surface area contributed by atoms with Gasteiger partial charge < -0.3 is 9.84 Å². The molecule has 0 spiro atoms. The van der Waals surface area contributed by atoms with Crippen LogP contribution in [0.15, 0.2) is 48.8 Å². The Morgan fingerprint density at radius 2 is 2.00 bits per heavy atom. The van der Waals surface area contributed by atoms with Crippen molar-refractivity contribution in [2.45, 2.75) is 6.10 Å². The maximum absolute atomic E-state index is 10.4. The van der Waals surface area contributed by atoms with Crippen LogP contribution in [0.5, 0.6) is 5.75 Å². The molecule has 0 radical (unpaired) electrons. The molecular formula is C15H13ClN4O2. The standard InChI is InChI=1S/C15H13ClN4O2/c1-22-12-6-4-11(5-7-12)20-15(16)13(18-19-20)14(21)10-3-2-8-17-9-10/h2-9,14,21H,1H3. The van der Waals surface area contributed by atoms with Crippen LogP contribution in [0.1, 0.15) is 17.4 Å². The normalized spacial score (nSPS) is 12.1. The van der Waals surface area contributed by atoms with Gasteiger partial charge in [-0.25, -0.2) is 4.68 Å². The van der Waals surface area contributed by atoms with E-state index in [4.69, 9.17) is 16.3 Å². The number of aliphatic hydroxyl groups is 1. The maximum Gasteiger partial charge on any atom is 0.159 e. The van der Waals surface area contributed by atoms with Crippen molar-refractivity contribution in [3.63, 3.8) is 0 Å². The van der Waals surface area contributed by atoms with Gasteiger partial charge in [-0.05, 0) is 30.3 Å². The van der Waals surface area contributed by atoms with E-state index >= 15 is 0 Å². The van der Waals surface area contributed by atoms with E-state index in [1.165, 1.54) is 4.68 Å². The van der Waals surface area contributed by atoms with Gasteiger partial charge in [0.05, 0.1) is 12.8 Å². The SMILES string of the molecule is COc1ccc(-n2nnc(C(O)c3cccnc3)c2Cl)cc1. The highest BCUT2D eigenvalue weighted by Crippen LogP contribution is 2.27. The highest BCUT2D eigenvalue weighted by molar-refractivity contribution is 6.30. The molecule has 0 fully saturated rings. The topological polar surface area (TPSA) is 73.1 Å². The predicted octanol–water partition coefficient (Wildman–Crippen LogP) is 2.41. The van der Waals surface area contributed by atoms with Crippen LogP contribution in [0.4, 0.5) is 0 Å². The molecule has 1 unspecified atom stereocenters. The fraction of sp³-hybridized carbons (Fsp3) is 0.133. The van der Waals surface area contributed by atoms with Crippen molar-refractivity contribution in [3.8, 4) is 11.4 Å². The Morgan fingerprint density at radius 1 is 1.23 bits per heavy atom. The van der Waals surface area contributed by atoms with Crippen LogP contribution < -0.4 is 4.74 Å². The van der Waals surface area contributed by atoms with Crippen LogP contribution in [-0.4, -0.2) is 32.2 Å². The number of hydrogen-bond donors (Lipinski definition) is 1. The van der Waals surface area contributed by atoms with Crippen molar-refractivity contribution in [3.05, 3.63) is 65.2 Å². The molecule has 1 N–H and O–H groups in total. The first-order chi connectivity index (χ1) is 10.7. The second-order valence-electron chi connectivity index (χ2n) is 4.56. The first kappa shape index (κ1) is 14.5. The summed E-state index contributed by atoms with van der Waals surface area (Å²) in [5, 5.41) is 18.6. The number of benzene rings is 1. The number of aromatic nitrogens is 4. The van der Waals surface area contributed by atoms with Crippen molar-refractivity contribution < 1.29 is 9.84 Å². The molecule has 2 heterocycles. The molecule has 3 rings (SSSR count). The average Bonchev–Trinajstić information content (AvgIpc) is 2.96. The zero-order valence-electron chi connectivity index (χ0n) is 11.7. The summed E-state index contributed by atoms with van der Waals surface area (Å²) in [7, 11) is 1.60. The summed E-state index contributed by atoms with van der Waals surface area (Å²) >= 11 is 6.30. The van der Waals surface area contributed by atoms with Gasteiger partial charge in [0.2, 0.25) is 0 Å². The molecule has 0 aliphatic rings. The fourth-order valence-electron chi connectivity index (χ4n) is 2.03. The largest absolute Gasteiger partial charge is 0.497 e. The summed E-state index contributed by atoms with van der Waals surface area (Å²) in [5.74, 6) is 0.732. The molecule has 6 nitrogen and oxygen atoms in total. The van der Waals surface area contributed by atoms with E-state index in [-0.39, 0.29) is 10.8 Å². The molecule has 0 saturated heterocycles. The Labute approximate surface area is 132 Å². The quantitative estimate of drug-likeness (QED) is 0.800. The van der Waals surface area contributed by atoms with Gasteiger partial charge in [-0.15, -0.1) is 5.10 Å². The molecule has 0 saturated carbocycles. The molecular weight excluding hydrogens is 304 g/mol. The second-order valence-corrected chi connectivity index (χ2v) is 4.92. The predicted molar refractivity (Wildman–Crippen MR) is 81.2 cm³/mol. The lowest BCUT2D eigenvalue weighted by Gasteiger charge is -2.08. The monoisotopic (exact) mass is 316 g/mol. The minimum Gasteiger partial charge on any atom is -0.497 e. The second kappa shape index (κ2) is 6.13. The number of pyridine rings is 1. The summed E-state index contributed by atoms with van der Waals surface area (Å²) in [4.78, 5) is 3.97. The minimum atomic E-state index is -0.979. The third-order valence-electron chi connectivity index (χ3n) is 3.22. The van der Waals surface area contributed by atoms with E-state index in [0.29, 0.717) is 5.56 Å². The number of ether oxygens (including phenoxy) is 1. The number of rotatable bonds is 4. The van der Waals surface area contributed by atoms with Gasteiger partial charge in [0, 0.05) is 18.0 Å². The molecule has 3 aromatic rings. The summed E-state index contributed by atoms with van der Waals surface area (Å²) in [6.07, 6.45) is 2.22. The molecule has 7 heteroatoms. The molecule has 112 valence electrons. The number of halogens is 1. The Balaban J connectivity index is 1.94. The Morgan fingerprint density at radius 3 is 2.64 bits per heavy atom. The third-order valence-corrected chi connectivity index (χ3v) is 3.57. The van der Waals surface area contributed by atoms with E-state index in [0.717, 1.165) is 11.4 Å². The van der Waals surface area contributed by atoms with Gasteiger partial charge in [0.25, 0.3) is 0 Å². The van der Waals surface area contributed by atoms with E-state index in [2.05, 4.69) is 15.3 Å². The van der Waals surface area contributed by atoms with Crippen LogP contribution in [0.3, 0.4) is 0 Å². The van der Waals surface area contributed by atoms with Gasteiger partial charge in [-0.3, -0.25) is 4.98 Å². The Bertz CT molecular complexity index is 759. The zero-order valence-corrected chi connectivity index (χ0v) is 12.5. The van der Waals surface area contributed by atoms with Crippen LogP contribution in [0, 0.1) is 0 Å². The first-order valence-corrected chi connectivity index (χ1v) is 6.92. The molecule has 1 atom stereocenters. The lowest BCUT2D eigenvalue weighted by atomic mass is 10.1. The third kappa shape index (κ3) is 2.66. The van der Waals surface area contributed by atoms with Crippen LogP contribution >= 0.6 is 11.6 Å². The highest BCUT2D eigenvalue weighted by Gasteiger charge is 2.21. The van der Waals surface area contributed by atoms with E-state index in [1.807, 2.05) is 0 Å². The molecule has 2 aromatic heterocycles. The van der Waals surface area contributed by atoms with Gasteiger partial charge in [0.15, 0.2) is 5.15 Å². The van der Waals surface area contributed by atoms with Crippen molar-refractivity contribution in [1.82, 2.24) is 20.0 Å². The van der Waals surface area contributed by atoms with Crippen molar-refractivity contribution in [2.75, 3.05) is 7.11 Å².